The maximum absolute atomic E-state index is 6.31. The fourth-order valence-electron chi connectivity index (χ4n) is 2.22. The molecule has 1 aromatic carbocycles. The fraction of sp³-hybridized carbons (Fsp3) is 0.333. The van der Waals surface area contributed by atoms with E-state index in [-0.39, 0.29) is 5.41 Å². The summed E-state index contributed by atoms with van der Waals surface area (Å²) < 4.78 is 1.19. The lowest BCUT2D eigenvalue weighted by molar-refractivity contribution is 0.461. The van der Waals surface area contributed by atoms with Crippen LogP contribution in [0.15, 0.2) is 46.3 Å². The number of halogens is 2. The highest BCUT2D eigenvalue weighted by Crippen LogP contribution is 2.36. The first kappa shape index (κ1) is 14.1. The highest BCUT2D eigenvalue weighted by Gasteiger charge is 2.30. The molecule has 0 aliphatic rings. The SMILES string of the molecule is CCC(CCl)(Cc1ccc(Br)s1)c1ccccc1. The Hall–Kier alpha value is -0.310. The minimum Gasteiger partial charge on any atom is -0.133 e. The first-order valence-corrected chi connectivity index (χ1v) is 8.20. The third-order valence-electron chi connectivity index (χ3n) is 3.46. The molecule has 0 N–H and O–H groups in total. The second-order valence-corrected chi connectivity index (χ2v) is 7.33. The molecule has 1 aromatic heterocycles. The van der Waals surface area contributed by atoms with Crippen LogP contribution in [-0.4, -0.2) is 5.88 Å². The highest BCUT2D eigenvalue weighted by molar-refractivity contribution is 9.11. The van der Waals surface area contributed by atoms with Gasteiger partial charge in [-0.25, -0.2) is 0 Å². The van der Waals surface area contributed by atoms with Crippen molar-refractivity contribution in [3.05, 3.63) is 56.7 Å². The molecular weight excluding hydrogens is 328 g/mol. The van der Waals surface area contributed by atoms with Crippen LogP contribution in [0, 0.1) is 0 Å². The predicted molar refractivity (Wildman–Crippen MR) is 84.9 cm³/mol. The van der Waals surface area contributed by atoms with Crippen molar-refractivity contribution in [2.45, 2.75) is 25.2 Å². The quantitative estimate of drug-likeness (QED) is 0.616. The number of thiophene rings is 1. The lowest BCUT2D eigenvalue weighted by Crippen LogP contribution is -2.30. The molecule has 0 aliphatic heterocycles. The summed E-state index contributed by atoms with van der Waals surface area (Å²) in [6, 6.07) is 14.9. The van der Waals surface area contributed by atoms with Gasteiger partial charge in [0.1, 0.15) is 0 Å². The fourth-order valence-corrected chi connectivity index (χ4v) is 4.29. The van der Waals surface area contributed by atoms with Gasteiger partial charge in [0.25, 0.3) is 0 Å². The standard InChI is InChI=1S/C15H16BrClS/c1-2-15(11-17,12-6-4-3-5-7-12)10-13-8-9-14(16)18-13/h3-9H,2,10-11H2,1H3. The lowest BCUT2D eigenvalue weighted by atomic mass is 9.76. The minimum atomic E-state index is 0.0487. The van der Waals surface area contributed by atoms with Crippen LogP contribution in [0.4, 0.5) is 0 Å². The molecule has 0 nitrogen and oxygen atoms in total. The molecule has 0 amide bonds. The van der Waals surface area contributed by atoms with Gasteiger partial charge in [-0.2, -0.15) is 0 Å². The van der Waals surface area contributed by atoms with Gasteiger partial charge in [-0.1, -0.05) is 37.3 Å². The van der Waals surface area contributed by atoms with Crippen LogP contribution in [0.3, 0.4) is 0 Å². The molecule has 3 heteroatoms. The minimum absolute atomic E-state index is 0.0487. The molecule has 18 heavy (non-hydrogen) atoms. The van der Waals surface area contributed by atoms with Gasteiger partial charge < -0.3 is 0 Å². The molecule has 1 unspecified atom stereocenters. The normalized spacial score (nSPS) is 14.4. The first-order valence-electron chi connectivity index (χ1n) is 6.06. The van der Waals surface area contributed by atoms with Crippen LogP contribution in [0.5, 0.6) is 0 Å². The lowest BCUT2D eigenvalue weighted by Gasteiger charge is -2.31. The summed E-state index contributed by atoms with van der Waals surface area (Å²) in [4.78, 5) is 1.38. The Morgan fingerprint density at radius 2 is 1.89 bits per heavy atom. The molecule has 1 atom stereocenters. The molecule has 2 rings (SSSR count). The Bertz CT molecular complexity index is 488. The average Bonchev–Trinajstić information content (AvgIpc) is 2.82. The van der Waals surface area contributed by atoms with Gasteiger partial charge in [0.2, 0.25) is 0 Å². The Labute approximate surface area is 126 Å². The van der Waals surface area contributed by atoms with E-state index in [9.17, 15) is 0 Å². The second-order valence-electron chi connectivity index (χ2n) is 4.52. The van der Waals surface area contributed by atoms with Crippen LogP contribution in [-0.2, 0) is 11.8 Å². The molecule has 96 valence electrons. The molecule has 2 aromatic rings. The Balaban J connectivity index is 2.32. The van der Waals surface area contributed by atoms with E-state index in [0.29, 0.717) is 5.88 Å². The van der Waals surface area contributed by atoms with E-state index < -0.39 is 0 Å². The maximum atomic E-state index is 6.31. The summed E-state index contributed by atoms with van der Waals surface area (Å²) >= 11 is 11.6. The molecule has 0 saturated heterocycles. The average molecular weight is 344 g/mol. The van der Waals surface area contributed by atoms with Crippen LogP contribution in [0.1, 0.15) is 23.8 Å². The Morgan fingerprint density at radius 3 is 2.39 bits per heavy atom. The largest absolute Gasteiger partial charge is 0.133 e. The van der Waals surface area contributed by atoms with E-state index in [1.807, 2.05) is 0 Å². The topological polar surface area (TPSA) is 0 Å². The number of benzene rings is 1. The van der Waals surface area contributed by atoms with Crippen LogP contribution in [0.25, 0.3) is 0 Å². The van der Waals surface area contributed by atoms with Crippen molar-refractivity contribution in [3.8, 4) is 0 Å². The summed E-state index contributed by atoms with van der Waals surface area (Å²) in [6.45, 7) is 2.22. The first-order chi connectivity index (χ1) is 8.70. The van der Waals surface area contributed by atoms with Gasteiger partial charge in [-0.3, -0.25) is 0 Å². The molecule has 0 spiro atoms. The molecule has 1 heterocycles. The molecule has 0 aliphatic carbocycles. The Morgan fingerprint density at radius 1 is 1.17 bits per heavy atom. The summed E-state index contributed by atoms with van der Waals surface area (Å²) in [5, 5.41) is 0. The van der Waals surface area contributed by atoms with Gasteiger partial charge >= 0.3 is 0 Å². The third kappa shape index (κ3) is 2.98. The van der Waals surface area contributed by atoms with Gasteiger partial charge in [-0.15, -0.1) is 22.9 Å². The van der Waals surface area contributed by atoms with Gasteiger partial charge in [0.05, 0.1) is 3.79 Å². The summed E-state index contributed by atoms with van der Waals surface area (Å²) in [5.41, 5.74) is 1.39. The van der Waals surface area contributed by atoms with Crippen molar-refractivity contribution < 1.29 is 0 Å². The highest BCUT2D eigenvalue weighted by atomic mass is 79.9. The summed E-state index contributed by atoms with van der Waals surface area (Å²) in [5.74, 6) is 0.656. The zero-order valence-electron chi connectivity index (χ0n) is 10.3. The van der Waals surface area contributed by atoms with Gasteiger partial charge in [-0.05, 0) is 46.5 Å². The zero-order chi connectivity index (χ0) is 13.0. The monoisotopic (exact) mass is 342 g/mol. The number of alkyl halides is 1. The van der Waals surface area contributed by atoms with E-state index in [0.717, 1.165) is 12.8 Å². The molecular formula is C15H16BrClS. The van der Waals surface area contributed by atoms with Crippen LogP contribution < -0.4 is 0 Å². The van der Waals surface area contributed by atoms with Crippen molar-refractivity contribution in [1.82, 2.24) is 0 Å². The van der Waals surface area contributed by atoms with Crippen molar-refractivity contribution >= 4 is 38.9 Å². The van der Waals surface area contributed by atoms with Crippen molar-refractivity contribution in [3.63, 3.8) is 0 Å². The smallest absolute Gasteiger partial charge is 0.0701 e. The Kier molecular flexibility index (Phi) is 4.88. The second kappa shape index (κ2) is 6.23. The van der Waals surface area contributed by atoms with E-state index in [4.69, 9.17) is 11.6 Å². The predicted octanol–water partition coefficient (Wildman–Crippen LogP) is 5.64. The summed E-state index contributed by atoms with van der Waals surface area (Å²) in [7, 11) is 0. The van der Waals surface area contributed by atoms with Crippen LogP contribution in [0.2, 0.25) is 0 Å². The van der Waals surface area contributed by atoms with Crippen molar-refractivity contribution in [2.24, 2.45) is 0 Å². The van der Waals surface area contributed by atoms with E-state index in [2.05, 4.69) is 65.3 Å². The number of hydrogen-bond acceptors (Lipinski definition) is 1. The van der Waals surface area contributed by atoms with E-state index >= 15 is 0 Å². The number of rotatable bonds is 5. The maximum Gasteiger partial charge on any atom is 0.0701 e. The number of hydrogen-bond donors (Lipinski definition) is 0. The van der Waals surface area contributed by atoms with E-state index in [1.54, 1.807) is 11.3 Å². The van der Waals surface area contributed by atoms with Gasteiger partial charge in [0.15, 0.2) is 0 Å². The molecule has 0 radical (unpaired) electrons. The van der Waals surface area contributed by atoms with Crippen molar-refractivity contribution in [2.75, 3.05) is 5.88 Å². The third-order valence-corrected chi connectivity index (χ3v) is 5.60. The molecule has 0 bridgehead atoms. The molecule has 0 fully saturated rings. The van der Waals surface area contributed by atoms with Crippen molar-refractivity contribution in [1.29, 1.82) is 0 Å². The van der Waals surface area contributed by atoms with Gasteiger partial charge in [0, 0.05) is 16.2 Å². The molecule has 0 saturated carbocycles. The van der Waals surface area contributed by atoms with E-state index in [1.165, 1.54) is 14.2 Å². The zero-order valence-corrected chi connectivity index (χ0v) is 13.5. The summed E-state index contributed by atoms with van der Waals surface area (Å²) in [6.07, 6.45) is 2.06. The van der Waals surface area contributed by atoms with Crippen LogP contribution >= 0.6 is 38.9 Å².